The summed E-state index contributed by atoms with van der Waals surface area (Å²) in [6, 6.07) is 0. The lowest BCUT2D eigenvalue weighted by Crippen LogP contribution is -2.28. The number of carbonyl (C=O) groups is 1. The Morgan fingerprint density at radius 1 is 1.11 bits per heavy atom. The van der Waals surface area contributed by atoms with Gasteiger partial charge in [-0.15, -0.1) is 0 Å². The number of guanidine groups is 1. The third-order valence-electron chi connectivity index (χ3n) is 4.39. The van der Waals surface area contributed by atoms with Gasteiger partial charge in [0.15, 0.2) is 23.3 Å². The first-order valence-electron chi connectivity index (χ1n) is 9.06. The first-order valence-corrected chi connectivity index (χ1v) is 9.06. The van der Waals surface area contributed by atoms with Crippen molar-refractivity contribution < 1.29 is 4.79 Å². The molecule has 28 heavy (non-hydrogen) atoms. The van der Waals surface area contributed by atoms with E-state index in [1.807, 2.05) is 0 Å². The summed E-state index contributed by atoms with van der Waals surface area (Å²) in [7, 11) is 1.73. The zero-order valence-corrected chi connectivity index (χ0v) is 15.7. The number of nitrogens with one attached hydrogen (secondary N) is 1. The van der Waals surface area contributed by atoms with Crippen LogP contribution in [0.5, 0.6) is 0 Å². The molecular formula is C17H24N10O. The largest absolute Gasteiger partial charge is 0.382 e. The predicted octanol–water partition coefficient (Wildman–Crippen LogP) is 0.351. The Bertz CT molecular complexity index is 868. The topological polar surface area (TPSA) is 174 Å². The van der Waals surface area contributed by atoms with Crippen molar-refractivity contribution in [2.24, 2.45) is 16.5 Å². The molecule has 7 N–H and O–H groups in total. The Labute approximate surface area is 162 Å². The van der Waals surface area contributed by atoms with Crippen LogP contribution < -0.4 is 27.4 Å². The minimum absolute atomic E-state index is 0.0224. The number of hydrogen-bond donors (Lipinski definition) is 4. The lowest BCUT2D eigenvalue weighted by molar-refractivity contribution is 0.0998. The van der Waals surface area contributed by atoms with E-state index >= 15 is 0 Å². The number of aliphatic imine (C=N–C) groups is 1. The summed E-state index contributed by atoms with van der Waals surface area (Å²) in [6.45, 7) is 1.66. The molecule has 3 heterocycles. The highest BCUT2D eigenvalue weighted by atomic mass is 16.1. The molecule has 0 atom stereocenters. The molecule has 1 fully saturated rings. The van der Waals surface area contributed by atoms with Crippen LogP contribution in [-0.4, -0.2) is 51.9 Å². The molecule has 1 aliphatic heterocycles. The van der Waals surface area contributed by atoms with E-state index < -0.39 is 5.91 Å². The quantitative estimate of drug-likeness (QED) is 0.425. The maximum atomic E-state index is 12.3. The molecule has 0 unspecified atom stereocenters. The first-order chi connectivity index (χ1) is 13.5. The van der Waals surface area contributed by atoms with Crippen molar-refractivity contribution in [3.05, 3.63) is 18.1 Å². The van der Waals surface area contributed by atoms with E-state index in [4.69, 9.17) is 17.2 Å². The van der Waals surface area contributed by atoms with Crippen LogP contribution in [0.1, 0.15) is 36.2 Å². The molecule has 0 aromatic carbocycles. The predicted molar refractivity (Wildman–Crippen MR) is 108 cm³/mol. The van der Waals surface area contributed by atoms with Crippen molar-refractivity contribution in [1.82, 2.24) is 19.9 Å². The van der Waals surface area contributed by atoms with Crippen LogP contribution in [0, 0.1) is 0 Å². The van der Waals surface area contributed by atoms with Crippen molar-refractivity contribution in [2.75, 3.05) is 36.1 Å². The highest BCUT2D eigenvalue weighted by Gasteiger charge is 2.23. The summed E-state index contributed by atoms with van der Waals surface area (Å²) in [5, 5.41) is 2.86. The van der Waals surface area contributed by atoms with E-state index in [2.05, 4.69) is 35.1 Å². The van der Waals surface area contributed by atoms with Gasteiger partial charge in [0.2, 0.25) is 5.95 Å². The van der Waals surface area contributed by atoms with Crippen LogP contribution >= 0.6 is 0 Å². The summed E-state index contributed by atoms with van der Waals surface area (Å²) >= 11 is 0. The second-order valence-electron chi connectivity index (χ2n) is 6.42. The van der Waals surface area contributed by atoms with Crippen LogP contribution in [0.2, 0.25) is 0 Å². The lowest BCUT2D eigenvalue weighted by atomic mass is 10.2. The minimum atomic E-state index is -0.749. The molecule has 1 amide bonds. The number of amides is 1. The molecule has 1 saturated heterocycles. The third-order valence-corrected chi connectivity index (χ3v) is 4.39. The molecule has 2 aromatic rings. The summed E-state index contributed by atoms with van der Waals surface area (Å²) in [5.41, 5.74) is 17.6. The van der Waals surface area contributed by atoms with E-state index in [1.165, 1.54) is 0 Å². The number of nitrogens with two attached hydrogens (primary N) is 3. The lowest BCUT2D eigenvalue weighted by Gasteiger charge is -2.24. The number of carbonyl (C=O) groups excluding carboxylic acids is 1. The third kappa shape index (κ3) is 4.24. The zero-order valence-electron chi connectivity index (χ0n) is 15.7. The van der Waals surface area contributed by atoms with Gasteiger partial charge >= 0.3 is 5.91 Å². The number of hydrogen-bond acceptors (Lipinski definition) is 8. The van der Waals surface area contributed by atoms with E-state index in [0.29, 0.717) is 23.0 Å². The van der Waals surface area contributed by atoms with E-state index in [0.717, 1.165) is 38.8 Å². The van der Waals surface area contributed by atoms with Gasteiger partial charge in [0.1, 0.15) is 5.69 Å². The monoisotopic (exact) mass is 384 g/mol. The van der Waals surface area contributed by atoms with Gasteiger partial charge in [-0.05, 0) is 12.8 Å². The van der Waals surface area contributed by atoms with Crippen LogP contribution in [-0.2, 0) is 0 Å². The van der Waals surface area contributed by atoms with Gasteiger partial charge in [-0.25, -0.2) is 19.9 Å². The number of aromatic nitrogens is 4. The standard InChI is InChI=1S/C17H24N10O/c1-21-17-22-8-10(9-23-17)11-14(27-6-4-2-3-5-7-27)25-13(18)12(24-11)15(28)26-16(19)20/h8-9H,2-7H2,1H3,(H2,18,25)(H,21,22,23)(H4,19,20,26,28). The van der Waals surface area contributed by atoms with Crippen LogP contribution in [0.4, 0.5) is 17.6 Å². The SMILES string of the molecule is CNc1ncc(-c2nc(C(=O)N=C(N)N)c(N)nc2N2CCCCCC2)cn1. The van der Waals surface area contributed by atoms with Crippen LogP contribution in [0.15, 0.2) is 17.4 Å². The molecule has 0 spiro atoms. The Kier molecular flexibility index (Phi) is 5.82. The van der Waals surface area contributed by atoms with Crippen molar-refractivity contribution >= 4 is 29.5 Å². The normalized spacial score (nSPS) is 14.2. The maximum Gasteiger partial charge on any atom is 0.302 e. The van der Waals surface area contributed by atoms with Crippen LogP contribution in [0.3, 0.4) is 0 Å². The number of rotatable bonds is 4. The second kappa shape index (κ2) is 8.46. The van der Waals surface area contributed by atoms with E-state index in [-0.39, 0.29) is 17.5 Å². The Hall–Kier alpha value is -3.50. The Balaban J connectivity index is 2.12. The van der Waals surface area contributed by atoms with Crippen molar-refractivity contribution in [1.29, 1.82) is 0 Å². The molecule has 0 aliphatic carbocycles. The van der Waals surface area contributed by atoms with Gasteiger partial charge in [-0.1, -0.05) is 12.8 Å². The molecule has 1 aliphatic rings. The molecule has 0 radical (unpaired) electrons. The van der Waals surface area contributed by atoms with Crippen molar-refractivity contribution in [3.63, 3.8) is 0 Å². The minimum Gasteiger partial charge on any atom is -0.382 e. The summed E-state index contributed by atoms with van der Waals surface area (Å²) < 4.78 is 0. The molecule has 11 heteroatoms. The molecular weight excluding hydrogens is 360 g/mol. The number of anilines is 3. The summed E-state index contributed by atoms with van der Waals surface area (Å²) in [5.74, 6) is -0.0695. The van der Waals surface area contributed by atoms with E-state index in [9.17, 15) is 4.79 Å². The smallest absolute Gasteiger partial charge is 0.302 e. The van der Waals surface area contributed by atoms with Gasteiger partial charge < -0.3 is 27.4 Å². The highest BCUT2D eigenvalue weighted by Crippen LogP contribution is 2.30. The van der Waals surface area contributed by atoms with Gasteiger partial charge in [0.05, 0.1) is 0 Å². The van der Waals surface area contributed by atoms with Crippen LogP contribution in [0.25, 0.3) is 11.3 Å². The zero-order chi connectivity index (χ0) is 20.1. The fourth-order valence-electron chi connectivity index (χ4n) is 3.04. The average molecular weight is 384 g/mol. The Morgan fingerprint density at radius 2 is 1.75 bits per heavy atom. The molecule has 0 saturated carbocycles. The van der Waals surface area contributed by atoms with Crippen molar-refractivity contribution in [3.8, 4) is 11.3 Å². The maximum absolute atomic E-state index is 12.3. The molecule has 3 rings (SSSR count). The summed E-state index contributed by atoms with van der Waals surface area (Å²) in [4.78, 5) is 35.4. The van der Waals surface area contributed by atoms with Gasteiger partial charge in [0.25, 0.3) is 0 Å². The van der Waals surface area contributed by atoms with Gasteiger partial charge in [-0.3, -0.25) is 4.79 Å². The van der Waals surface area contributed by atoms with E-state index in [1.54, 1.807) is 19.4 Å². The Morgan fingerprint density at radius 3 is 2.32 bits per heavy atom. The number of nitrogen functional groups attached to an aromatic ring is 1. The highest BCUT2D eigenvalue weighted by molar-refractivity contribution is 6.03. The molecule has 0 bridgehead atoms. The fourth-order valence-corrected chi connectivity index (χ4v) is 3.04. The van der Waals surface area contributed by atoms with Crippen molar-refractivity contribution in [2.45, 2.75) is 25.7 Å². The summed E-state index contributed by atoms with van der Waals surface area (Å²) in [6.07, 6.45) is 7.66. The fraction of sp³-hybridized carbons (Fsp3) is 0.412. The van der Waals surface area contributed by atoms with Gasteiger partial charge in [-0.2, -0.15) is 4.99 Å². The molecule has 2 aromatic heterocycles. The first kappa shape index (κ1) is 19.3. The number of nitrogens with zero attached hydrogens (tertiary/aromatic N) is 6. The molecule has 148 valence electrons. The van der Waals surface area contributed by atoms with Gasteiger partial charge in [0, 0.05) is 38.1 Å². The average Bonchev–Trinajstić information content (AvgIpc) is 2.96. The second-order valence-corrected chi connectivity index (χ2v) is 6.42. The molecule has 11 nitrogen and oxygen atoms in total.